The zero-order chi connectivity index (χ0) is 17.7. The molecular formula is C16H19N3O4S. The lowest BCUT2D eigenvalue weighted by Crippen LogP contribution is -2.42. The molecular weight excluding hydrogens is 330 g/mol. The largest absolute Gasteiger partial charge is 0.438 e. The van der Waals surface area contributed by atoms with Crippen LogP contribution in [0.3, 0.4) is 0 Å². The molecule has 0 unspecified atom stereocenters. The Kier molecular flexibility index (Phi) is 3.76. The Bertz CT molecular complexity index is 806. The number of fused-ring (bicyclic) bond motifs is 1. The Hall–Kier alpha value is -2.19. The van der Waals surface area contributed by atoms with Crippen LogP contribution in [0, 0.1) is 0 Å². The minimum atomic E-state index is -0.582. The van der Waals surface area contributed by atoms with E-state index in [4.69, 9.17) is 14.9 Å². The van der Waals surface area contributed by atoms with Gasteiger partial charge in [0.25, 0.3) is 11.8 Å². The van der Waals surface area contributed by atoms with Crippen molar-refractivity contribution in [2.75, 3.05) is 5.32 Å². The van der Waals surface area contributed by atoms with Crippen molar-refractivity contribution in [3.05, 3.63) is 34.4 Å². The maximum Gasteiger partial charge on any atom is 0.293 e. The molecule has 0 radical (unpaired) electrons. The Balaban J connectivity index is 2.07. The van der Waals surface area contributed by atoms with E-state index in [2.05, 4.69) is 10.3 Å². The number of hydrogen-bond acceptors (Lipinski definition) is 6. The molecule has 0 spiro atoms. The first kappa shape index (κ1) is 16.7. The normalized spacial score (nSPS) is 18.0. The van der Waals surface area contributed by atoms with Crippen molar-refractivity contribution in [2.45, 2.75) is 45.3 Å². The van der Waals surface area contributed by atoms with E-state index in [9.17, 15) is 9.59 Å². The number of thiophene rings is 1. The predicted molar refractivity (Wildman–Crippen MR) is 89.2 cm³/mol. The molecule has 3 N–H and O–H groups in total. The summed E-state index contributed by atoms with van der Waals surface area (Å²) in [7, 11) is 0. The van der Waals surface area contributed by atoms with Gasteiger partial charge in [-0.2, -0.15) is 0 Å². The fourth-order valence-electron chi connectivity index (χ4n) is 3.16. The van der Waals surface area contributed by atoms with Crippen LogP contribution in [0.2, 0.25) is 0 Å². The Labute approximate surface area is 143 Å². The number of primary amides is 1. The van der Waals surface area contributed by atoms with Gasteiger partial charge in [-0.05, 0) is 33.3 Å². The van der Waals surface area contributed by atoms with Crippen molar-refractivity contribution in [3.63, 3.8) is 0 Å². The summed E-state index contributed by atoms with van der Waals surface area (Å²) in [6.45, 7) is 7.81. The minimum Gasteiger partial charge on any atom is -0.438 e. The third kappa shape index (κ3) is 2.83. The second kappa shape index (κ2) is 5.42. The average Bonchev–Trinajstić information content (AvgIpc) is 3.03. The first-order valence-corrected chi connectivity index (χ1v) is 8.28. The van der Waals surface area contributed by atoms with Crippen LogP contribution in [0.25, 0.3) is 0 Å². The molecule has 0 saturated carbocycles. The lowest BCUT2D eigenvalue weighted by Gasteiger charge is -2.41. The molecule has 7 nitrogen and oxygen atoms in total. The van der Waals surface area contributed by atoms with Crippen LogP contribution in [0.1, 0.15) is 59.0 Å². The number of nitrogens with one attached hydrogen (secondary N) is 1. The van der Waals surface area contributed by atoms with E-state index in [0.717, 1.165) is 10.4 Å². The van der Waals surface area contributed by atoms with Crippen molar-refractivity contribution < 1.29 is 18.7 Å². The van der Waals surface area contributed by atoms with E-state index in [1.54, 1.807) is 0 Å². The maximum atomic E-state index is 12.2. The van der Waals surface area contributed by atoms with Crippen molar-refractivity contribution in [1.82, 2.24) is 4.98 Å². The fourth-order valence-corrected chi connectivity index (χ4v) is 4.42. The number of anilines is 1. The summed E-state index contributed by atoms with van der Waals surface area (Å²) in [5, 5.41) is 3.11. The number of rotatable bonds is 3. The van der Waals surface area contributed by atoms with Gasteiger partial charge in [0.1, 0.15) is 5.00 Å². The molecule has 0 bridgehead atoms. The first-order valence-electron chi connectivity index (χ1n) is 7.47. The lowest BCUT2D eigenvalue weighted by atomic mass is 9.86. The van der Waals surface area contributed by atoms with Gasteiger partial charge in [0.15, 0.2) is 6.39 Å². The first-order chi connectivity index (χ1) is 11.1. The summed E-state index contributed by atoms with van der Waals surface area (Å²) in [4.78, 5) is 28.9. The smallest absolute Gasteiger partial charge is 0.293 e. The summed E-state index contributed by atoms with van der Waals surface area (Å²) in [6.07, 6.45) is 3.02. The summed E-state index contributed by atoms with van der Waals surface area (Å²) in [5.41, 5.74) is 5.75. The molecule has 1 aliphatic rings. The number of nitrogens with zero attached hydrogens (tertiary/aromatic N) is 1. The van der Waals surface area contributed by atoms with Gasteiger partial charge in [-0.15, -0.1) is 11.3 Å². The maximum absolute atomic E-state index is 12.2. The lowest BCUT2D eigenvalue weighted by molar-refractivity contribution is -0.135. The third-order valence-electron chi connectivity index (χ3n) is 3.82. The SMILES string of the molecule is CC1(C)Cc2c(sc(NC(=O)c3cnco3)c2C(N)=O)C(C)(C)O1. The van der Waals surface area contributed by atoms with Crippen LogP contribution in [-0.2, 0) is 16.8 Å². The van der Waals surface area contributed by atoms with Gasteiger partial charge >= 0.3 is 0 Å². The molecule has 0 fully saturated rings. The van der Waals surface area contributed by atoms with Gasteiger partial charge in [0.05, 0.1) is 23.0 Å². The van der Waals surface area contributed by atoms with Gasteiger partial charge in [-0.25, -0.2) is 4.98 Å². The van der Waals surface area contributed by atoms with Crippen molar-refractivity contribution in [2.24, 2.45) is 5.73 Å². The van der Waals surface area contributed by atoms with Gasteiger partial charge in [-0.1, -0.05) is 0 Å². The standard InChI is InChI=1S/C16H19N3O4S/c1-15(2)5-8-10(12(17)20)14(24-11(8)16(3,4)23-15)19-13(21)9-6-18-7-22-9/h6-7H,5H2,1-4H3,(H2,17,20)(H,19,21). The van der Waals surface area contributed by atoms with Crippen LogP contribution in [0.5, 0.6) is 0 Å². The molecule has 128 valence electrons. The van der Waals surface area contributed by atoms with E-state index in [1.165, 1.54) is 23.9 Å². The molecule has 0 saturated heterocycles. The third-order valence-corrected chi connectivity index (χ3v) is 5.27. The Morgan fingerprint density at radius 1 is 1.33 bits per heavy atom. The van der Waals surface area contributed by atoms with Gasteiger partial charge in [-0.3, -0.25) is 9.59 Å². The second-order valence-electron chi connectivity index (χ2n) is 6.85. The Morgan fingerprint density at radius 2 is 2.04 bits per heavy atom. The van der Waals surface area contributed by atoms with E-state index < -0.39 is 23.0 Å². The zero-order valence-electron chi connectivity index (χ0n) is 13.9. The molecule has 24 heavy (non-hydrogen) atoms. The molecule has 1 aliphatic heterocycles. The molecule has 0 atom stereocenters. The zero-order valence-corrected chi connectivity index (χ0v) is 14.7. The second-order valence-corrected chi connectivity index (χ2v) is 7.87. The highest BCUT2D eigenvalue weighted by atomic mass is 32.1. The Morgan fingerprint density at radius 3 is 2.62 bits per heavy atom. The number of carbonyl (C=O) groups excluding carboxylic acids is 2. The van der Waals surface area contributed by atoms with Crippen LogP contribution in [0.15, 0.2) is 17.0 Å². The number of nitrogens with two attached hydrogens (primary N) is 1. The quantitative estimate of drug-likeness (QED) is 0.886. The highest BCUT2D eigenvalue weighted by Crippen LogP contribution is 2.48. The van der Waals surface area contributed by atoms with Crippen molar-refractivity contribution in [1.29, 1.82) is 0 Å². The summed E-state index contributed by atoms with van der Waals surface area (Å²) >= 11 is 1.30. The van der Waals surface area contributed by atoms with E-state index in [-0.39, 0.29) is 5.76 Å². The van der Waals surface area contributed by atoms with Crippen LogP contribution >= 0.6 is 11.3 Å². The number of hydrogen-bond donors (Lipinski definition) is 2. The van der Waals surface area contributed by atoms with E-state index >= 15 is 0 Å². The molecule has 3 rings (SSSR count). The summed E-state index contributed by atoms with van der Waals surface area (Å²) < 4.78 is 11.1. The van der Waals surface area contributed by atoms with Crippen molar-refractivity contribution >= 4 is 28.2 Å². The fraction of sp³-hybridized carbons (Fsp3) is 0.438. The average molecular weight is 349 g/mol. The molecule has 3 heterocycles. The van der Waals surface area contributed by atoms with Gasteiger partial charge < -0.3 is 20.2 Å². The molecule has 0 aliphatic carbocycles. The molecule has 8 heteroatoms. The highest BCUT2D eigenvalue weighted by molar-refractivity contribution is 7.17. The number of ether oxygens (including phenoxy) is 1. The number of amides is 2. The van der Waals surface area contributed by atoms with Crippen LogP contribution in [0.4, 0.5) is 5.00 Å². The van der Waals surface area contributed by atoms with Crippen molar-refractivity contribution in [3.8, 4) is 0 Å². The topological polar surface area (TPSA) is 107 Å². The van der Waals surface area contributed by atoms with Gasteiger partial charge in [0.2, 0.25) is 5.76 Å². The predicted octanol–water partition coefficient (Wildman–Crippen LogP) is 2.67. The number of carbonyl (C=O) groups is 2. The summed E-state index contributed by atoms with van der Waals surface area (Å²) in [5.74, 6) is -0.993. The van der Waals surface area contributed by atoms with E-state index in [1.807, 2.05) is 27.7 Å². The molecule has 2 amide bonds. The summed E-state index contributed by atoms with van der Waals surface area (Å²) in [6, 6.07) is 0. The highest BCUT2D eigenvalue weighted by Gasteiger charge is 2.42. The van der Waals surface area contributed by atoms with Gasteiger partial charge in [0, 0.05) is 11.3 Å². The van der Waals surface area contributed by atoms with Crippen LogP contribution in [-0.4, -0.2) is 22.4 Å². The molecule has 0 aromatic carbocycles. The van der Waals surface area contributed by atoms with E-state index in [0.29, 0.717) is 17.0 Å². The minimum absolute atomic E-state index is 0.0626. The molecule has 2 aromatic heterocycles. The van der Waals surface area contributed by atoms with Crippen LogP contribution < -0.4 is 11.1 Å². The number of aromatic nitrogens is 1. The molecule has 2 aromatic rings. The number of oxazole rings is 1. The monoisotopic (exact) mass is 349 g/mol.